The molecule has 0 amide bonds. The molecule has 0 atom stereocenters. The predicted octanol–water partition coefficient (Wildman–Crippen LogP) is 2.72. The van der Waals surface area contributed by atoms with Gasteiger partial charge in [-0.25, -0.2) is 0 Å². The molecule has 4 heteroatoms. The summed E-state index contributed by atoms with van der Waals surface area (Å²) in [5.41, 5.74) is 1.13. The average molecular weight is 256 g/mol. The molecule has 3 nitrogen and oxygen atoms in total. The molecule has 0 aliphatic heterocycles. The third-order valence-electron chi connectivity index (χ3n) is 2.59. The van der Waals surface area contributed by atoms with E-state index in [0.29, 0.717) is 13.1 Å². The van der Waals surface area contributed by atoms with Crippen molar-refractivity contribution in [1.82, 2.24) is 4.90 Å². The van der Waals surface area contributed by atoms with Gasteiger partial charge in [-0.1, -0.05) is 23.7 Å². The maximum absolute atomic E-state index is 11.3. The normalized spacial score (nSPS) is 10.9. The minimum atomic E-state index is -0.215. The number of rotatable bonds is 5. The van der Waals surface area contributed by atoms with Crippen LogP contribution in [0.1, 0.15) is 19.4 Å². The van der Waals surface area contributed by atoms with E-state index >= 15 is 0 Å². The van der Waals surface area contributed by atoms with E-state index in [-0.39, 0.29) is 12.0 Å². The van der Waals surface area contributed by atoms with Gasteiger partial charge in [-0.3, -0.25) is 9.69 Å². The van der Waals surface area contributed by atoms with Crippen molar-refractivity contribution in [3.05, 3.63) is 34.9 Å². The molecule has 0 heterocycles. The van der Waals surface area contributed by atoms with Crippen LogP contribution in [0.15, 0.2) is 24.3 Å². The summed E-state index contributed by atoms with van der Waals surface area (Å²) in [6.07, 6.45) is 0. The minimum Gasteiger partial charge on any atom is -0.468 e. The zero-order valence-electron chi connectivity index (χ0n) is 10.4. The van der Waals surface area contributed by atoms with Gasteiger partial charge in [0.2, 0.25) is 0 Å². The maximum Gasteiger partial charge on any atom is 0.319 e. The van der Waals surface area contributed by atoms with Crippen LogP contribution in [0.4, 0.5) is 0 Å². The summed E-state index contributed by atoms with van der Waals surface area (Å²) >= 11 is 5.83. The minimum absolute atomic E-state index is 0.215. The van der Waals surface area contributed by atoms with Crippen molar-refractivity contribution in [2.24, 2.45) is 0 Å². The first-order valence-electron chi connectivity index (χ1n) is 5.58. The van der Waals surface area contributed by atoms with Gasteiger partial charge in [0.05, 0.1) is 13.7 Å². The van der Waals surface area contributed by atoms with E-state index in [4.69, 9.17) is 11.6 Å². The number of hydrogen-bond acceptors (Lipinski definition) is 3. The van der Waals surface area contributed by atoms with Crippen LogP contribution >= 0.6 is 11.6 Å². The Balaban J connectivity index is 2.66. The molecule has 0 aliphatic carbocycles. The molecular weight excluding hydrogens is 238 g/mol. The molecule has 0 spiro atoms. The van der Waals surface area contributed by atoms with Crippen molar-refractivity contribution < 1.29 is 9.53 Å². The van der Waals surface area contributed by atoms with Gasteiger partial charge < -0.3 is 4.74 Å². The van der Waals surface area contributed by atoms with E-state index in [0.717, 1.165) is 10.6 Å². The van der Waals surface area contributed by atoms with Gasteiger partial charge in [0.25, 0.3) is 0 Å². The Labute approximate surface area is 107 Å². The van der Waals surface area contributed by atoms with Crippen LogP contribution in [0, 0.1) is 0 Å². The second kappa shape index (κ2) is 6.62. The van der Waals surface area contributed by atoms with Crippen LogP contribution in [0.3, 0.4) is 0 Å². The SMILES string of the molecule is COC(=O)CN(Cc1ccc(Cl)cc1)C(C)C. The lowest BCUT2D eigenvalue weighted by Crippen LogP contribution is -2.35. The largest absolute Gasteiger partial charge is 0.468 e. The molecule has 0 aliphatic rings. The second-order valence-corrected chi connectivity index (χ2v) is 4.64. The standard InChI is InChI=1S/C13H18ClNO2/c1-10(2)15(9-13(16)17-3)8-11-4-6-12(14)7-5-11/h4-7,10H,8-9H2,1-3H3. The smallest absolute Gasteiger partial charge is 0.319 e. The van der Waals surface area contributed by atoms with Gasteiger partial charge in [-0.2, -0.15) is 0 Å². The lowest BCUT2D eigenvalue weighted by atomic mass is 10.2. The first-order chi connectivity index (χ1) is 8.02. The molecule has 0 fully saturated rings. The van der Waals surface area contributed by atoms with Gasteiger partial charge in [-0.05, 0) is 31.5 Å². The van der Waals surface area contributed by atoms with Gasteiger partial charge in [0.1, 0.15) is 0 Å². The number of nitrogens with zero attached hydrogens (tertiary/aromatic N) is 1. The van der Waals surface area contributed by atoms with E-state index in [1.807, 2.05) is 24.3 Å². The Morgan fingerprint density at radius 2 is 1.94 bits per heavy atom. The molecule has 0 saturated heterocycles. The summed E-state index contributed by atoms with van der Waals surface area (Å²) in [6.45, 7) is 5.12. The van der Waals surface area contributed by atoms with E-state index in [9.17, 15) is 4.79 Å². The molecule has 0 bridgehead atoms. The molecular formula is C13H18ClNO2. The molecule has 1 aromatic rings. The van der Waals surface area contributed by atoms with Crippen molar-refractivity contribution in [2.45, 2.75) is 26.4 Å². The summed E-state index contributed by atoms with van der Waals surface area (Å²) < 4.78 is 4.69. The molecule has 0 saturated carbocycles. The third kappa shape index (κ3) is 4.75. The van der Waals surface area contributed by atoms with Crippen molar-refractivity contribution >= 4 is 17.6 Å². The van der Waals surface area contributed by atoms with Crippen LogP contribution < -0.4 is 0 Å². The van der Waals surface area contributed by atoms with Crippen LogP contribution in [0.2, 0.25) is 5.02 Å². The van der Waals surface area contributed by atoms with Crippen molar-refractivity contribution in [2.75, 3.05) is 13.7 Å². The van der Waals surface area contributed by atoms with Crippen molar-refractivity contribution in [1.29, 1.82) is 0 Å². The van der Waals surface area contributed by atoms with Gasteiger partial charge in [-0.15, -0.1) is 0 Å². The maximum atomic E-state index is 11.3. The lowest BCUT2D eigenvalue weighted by Gasteiger charge is -2.25. The van der Waals surface area contributed by atoms with Crippen molar-refractivity contribution in [3.63, 3.8) is 0 Å². The number of hydrogen-bond donors (Lipinski definition) is 0. The highest BCUT2D eigenvalue weighted by Gasteiger charge is 2.14. The fraction of sp³-hybridized carbons (Fsp3) is 0.462. The first kappa shape index (κ1) is 14.0. The van der Waals surface area contributed by atoms with Crippen LogP contribution in [-0.2, 0) is 16.1 Å². The van der Waals surface area contributed by atoms with Crippen LogP contribution in [-0.4, -0.2) is 30.6 Å². The highest BCUT2D eigenvalue weighted by atomic mass is 35.5. The summed E-state index contributed by atoms with van der Waals surface area (Å²) in [5, 5.41) is 0.720. The van der Waals surface area contributed by atoms with Gasteiger partial charge in [0, 0.05) is 17.6 Å². The topological polar surface area (TPSA) is 29.5 Å². The van der Waals surface area contributed by atoms with E-state index < -0.39 is 0 Å². The number of carbonyl (C=O) groups is 1. The first-order valence-corrected chi connectivity index (χ1v) is 5.96. The van der Waals surface area contributed by atoms with Crippen molar-refractivity contribution in [3.8, 4) is 0 Å². The van der Waals surface area contributed by atoms with Crippen LogP contribution in [0.25, 0.3) is 0 Å². The lowest BCUT2D eigenvalue weighted by molar-refractivity contribution is -0.142. The zero-order valence-corrected chi connectivity index (χ0v) is 11.2. The zero-order chi connectivity index (χ0) is 12.8. The molecule has 0 aromatic heterocycles. The van der Waals surface area contributed by atoms with E-state index in [1.165, 1.54) is 7.11 Å². The predicted molar refractivity (Wildman–Crippen MR) is 69.0 cm³/mol. The Kier molecular flexibility index (Phi) is 5.45. The monoisotopic (exact) mass is 255 g/mol. The van der Waals surface area contributed by atoms with Crippen LogP contribution in [0.5, 0.6) is 0 Å². The van der Waals surface area contributed by atoms with E-state index in [1.54, 1.807) is 0 Å². The summed E-state index contributed by atoms with van der Waals surface area (Å²) in [5.74, 6) is -0.215. The quantitative estimate of drug-likeness (QED) is 0.758. The Hall–Kier alpha value is -1.06. The number of carbonyl (C=O) groups excluding carboxylic acids is 1. The molecule has 0 radical (unpaired) electrons. The Morgan fingerprint density at radius 3 is 2.41 bits per heavy atom. The number of esters is 1. The number of ether oxygens (including phenoxy) is 1. The van der Waals surface area contributed by atoms with Gasteiger partial charge >= 0.3 is 5.97 Å². The fourth-order valence-electron chi connectivity index (χ4n) is 1.48. The average Bonchev–Trinajstić information content (AvgIpc) is 2.30. The molecule has 94 valence electrons. The molecule has 1 rings (SSSR count). The number of benzene rings is 1. The van der Waals surface area contributed by atoms with Gasteiger partial charge in [0.15, 0.2) is 0 Å². The number of methoxy groups -OCH3 is 1. The summed E-state index contributed by atoms with van der Waals surface area (Å²) in [4.78, 5) is 13.3. The summed E-state index contributed by atoms with van der Waals surface area (Å²) in [6, 6.07) is 7.93. The van der Waals surface area contributed by atoms with E-state index in [2.05, 4.69) is 23.5 Å². The molecule has 0 unspecified atom stereocenters. The second-order valence-electron chi connectivity index (χ2n) is 4.20. The highest BCUT2D eigenvalue weighted by molar-refractivity contribution is 6.30. The molecule has 0 N–H and O–H groups in total. The highest BCUT2D eigenvalue weighted by Crippen LogP contribution is 2.12. The fourth-order valence-corrected chi connectivity index (χ4v) is 1.60. The number of halogens is 1. The summed E-state index contributed by atoms with van der Waals surface area (Å²) in [7, 11) is 1.41. The Morgan fingerprint density at radius 1 is 1.35 bits per heavy atom. The molecule has 1 aromatic carbocycles. The third-order valence-corrected chi connectivity index (χ3v) is 2.84. The molecule has 17 heavy (non-hydrogen) atoms. The Bertz CT molecular complexity index is 362.